The predicted molar refractivity (Wildman–Crippen MR) is 127 cm³/mol. The average molecular weight is 494 g/mol. The summed E-state index contributed by atoms with van der Waals surface area (Å²) < 4.78 is 0. The van der Waals surface area contributed by atoms with E-state index in [-0.39, 0.29) is 0 Å². The van der Waals surface area contributed by atoms with Crippen LogP contribution < -0.4 is 10.6 Å². The molecular formula is C22H28Cl4N2O2. The highest BCUT2D eigenvalue weighted by atomic mass is 35.5. The lowest BCUT2D eigenvalue weighted by Gasteiger charge is -2.13. The van der Waals surface area contributed by atoms with Gasteiger partial charge in [-0.2, -0.15) is 0 Å². The molecule has 0 spiro atoms. The van der Waals surface area contributed by atoms with E-state index in [1.165, 1.54) is 0 Å². The third-order valence-electron chi connectivity index (χ3n) is 4.79. The second-order valence-corrected chi connectivity index (χ2v) is 8.83. The molecule has 166 valence electrons. The lowest BCUT2D eigenvalue weighted by atomic mass is 10.1. The number of aliphatic hydroxyl groups is 2. The number of hydrogen-bond donors (Lipinski definition) is 4. The Balaban J connectivity index is 1.48. The summed E-state index contributed by atoms with van der Waals surface area (Å²) in [5.41, 5.74) is 1.51. The summed E-state index contributed by atoms with van der Waals surface area (Å²) in [5, 5.41) is 28.8. The van der Waals surface area contributed by atoms with Crippen molar-refractivity contribution in [3.8, 4) is 0 Å². The van der Waals surface area contributed by atoms with E-state index >= 15 is 0 Å². The van der Waals surface area contributed by atoms with Crippen molar-refractivity contribution >= 4 is 46.4 Å². The maximum Gasteiger partial charge on any atom is 0.0914 e. The van der Waals surface area contributed by atoms with Gasteiger partial charge in [-0.3, -0.25) is 0 Å². The fourth-order valence-corrected chi connectivity index (χ4v) is 3.62. The minimum Gasteiger partial charge on any atom is -0.387 e. The van der Waals surface area contributed by atoms with Crippen LogP contribution in [0.3, 0.4) is 0 Å². The van der Waals surface area contributed by atoms with E-state index in [0.717, 1.165) is 49.9 Å². The van der Waals surface area contributed by atoms with Gasteiger partial charge >= 0.3 is 0 Å². The zero-order valence-electron chi connectivity index (χ0n) is 16.7. The van der Waals surface area contributed by atoms with Gasteiger partial charge in [0.05, 0.1) is 32.3 Å². The third kappa shape index (κ3) is 8.89. The van der Waals surface area contributed by atoms with E-state index in [9.17, 15) is 10.2 Å². The molecule has 0 radical (unpaired) electrons. The van der Waals surface area contributed by atoms with Crippen molar-refractivity contribution in [1.82, 2.24) is 10.6 Å². The minimum atomic E-state index is -0.606. The van der Waals surface area contributed by atoms with Crippen LogP contribution in [-0.2, 0) is 0 Å². The lowest BCUT2D eigenvalue weighted by Crippen LogP contribution is -2.23. The van der Waals surface area contributed by atoms with Gasteiger partial charge in [0.1, 0.15) is 0 Å². The Labute approximate surface area is 198 Å². The monoisotopic (exact) mass is 492 g/mol. The van der Waals surface area contributed by atoms with Gasteiger partial charge in [-0.05, 0) is 61.3 Å². The van der Waals surface area contributed by atoms with Gasteiger partial charge in [-0.15, -0.1) is 0 Å². The minimum absolute atomic E-state index is 0.450. The van der Waals surface area contributed by atoms with Crippen LogP contribution in [0.15, 0.2) is 36.4 Å². The van der Waals surface area contributed by atoms with Gasteiger partial charge in [0.15, 0.2) is 0 Å². The van der Waals surface area contributed by atoms with Crippen LogP contribution in [0.4, 0.5) is 0 Å². The molecular weight excluding hydrogens is 466 g/mol. The van der Waals surface area contributed by atoms with Crippen molar-refractivity contribution < 1.29 is 10.2 Å². The standard InChI is InChI=1S/C22H28Cl4N2O2/c23-17-7-5-15(11-19(17)25)21(29)13-27-9-3-1-2-4-10-28-14-22(30)16-6-8-18(24)20(26)12-16/h5-8,11-12,21-22,27-30H,1-4,9-10,13-14H2. The van der Waals surface area contributed by atoms with Crippen LogP contribution in [0, 0.1) is 0 Å². The number of nitrogens with one attached hydrogen (secondary N) is 2. The smallest absolute Gasteiger partial charge is 0.0914 e. The molecule has 0 aromatic heterocycles. The van der Waals surface area contributed by atoms with E-state index in [2.05, 4.69) is 10.6 Å². The topological polar surface area (TPSA) is 64.5 Å². The summed E-state index contributed by atoms with van der Waals surface area (Å²) in [6.45, 7) is 2.65. The molecule has 8 heteroatoms. The van der Waals surface area contributed by atoms with Crippen molar-refractivity contribution in [2.24, 2.45) is 0 Å². The van der Waals surface area contributed by atoms with Gasteiger partial charge < -0.3 is 20.8 Å². The Morgan fingerprint density at radius 1 is 0.600 bits per heavy atom. The molecule has 2 atom stereocenters. The normalized spacial score (nSPS) is 13.4. The van der Waals surface area contributed by atoms with Crippen LogP contribution >= 0.6 is 46.4 Å². The molecule has 2 rings (SSSR count). The van der Waals surface area contributed by atoms with E-state index in [4.69, 9.17) is 46.4 Å². The molecule has 2 aromatic rings. The second kappa shape index (κ2) is 13.8. The molecule has 2 unspecified atom stereocenters. The molecule has 2 aromatic carbocycles. The third-order valence-corrected chi connectivity index (χ3v) is 6.27. The Bertz CT molecular complexity index is 726. The molecule has 30 heavy (non-hydrogen) atoms. The van der Waals surface area contributed by atoms with Crippen molar-refractivity contribution in [2.75, 3.05) is 26.2 Å². The molecule has 0 aliphatic rings. The molecule has 0 bridgehead atoms. The van der Waals surface area contributed by atoms with Crippen LogP contribution in [0.5, 0.6) is 0 Å². The zero-order chi connectivity index (χ0) is 21.9. The Hall–Kier alpha value is -0.560. The lowest BCUT2D eigenvalue weighted by molar-refractivity contribution is 0.174. The van der Waals surface area contributed by atoms with Gasteiger partial charge in [0.2, 0.25) is 0 Å². The molecule has 0 aliphatic heterocycles. The highest BCUT2D eigenvalue weighted by Crippen LogP contribution is 2.26. The number of rotatable bonds is 13. The Morgan fingerprint density at radius 2 is 1.00 bits per heavy atom. The summed E-state index contributed by atoms with van der Waals surface area (Å²) in [6, 6.07) is 10.3. The first-order valence-electron chi connectivity index (χ1n) is 10.1. The van der Waals surface area contributed by atoms with Crippen LogP contribution in [0.1, 0.15) is 49.0 Å². The highest BCUT2D eigenvalue weighted by Gasteiger charge is 2.10. The van der Waals surface area contributed by atoms with Crippen LogP contribution in [-0.4, -0.2) is 36.4 Å². The molecule has 0 aliphatic carbocycles. The average Bonchev–Trinajstić information content (AvgIpc) is 2.73. The van der Waals surface area contributed by atoms with Crippen LogP contribution in [0.2, 0.25) is 20.1 Å². The Morgan fingerprint density at radius 3 is 1.37 bits per heavy atom. The van der Waals surface area contributed by atoms with Gasteiger partial charge in [0, 0.05) is 13.1 Å². The van der Waals surface area contributed by atoms with Gasteiger partial charge in [-0.1, -0.05) is 71.4 Å². The summed E-state index contributed by atoms with van der Waals surface area (Å²) >= 11 is 23.7. The van der Waals surface area contributed by atoms with Gasteiger partial charge in [0.25, 0.3) is 0 Å². The first-order valence-corrected chi connectivity index (χ1v) is 11.6. The first-order chi connectivity index (χ1) is 14.4. The molecule has 0 saturated heterocycles. The Kier molecular flexibility index (Phi) is 11.8. The van der Waals surface area contributed by atoms with E-state index < -0.39 is 12.2 Å². The SMILES string of the molecule is OC(CNCCCCCCNCC(O)c1ccc(Cl)c(Cl)c1)c1ccc(Cl)c(Cl)c1. The van der Waals surface area contributed by atoms with E-state index in [1.54, 1.807) is 36.4 Å². The largest absolute Gasteiger partial charge is 0.387 e. The number of halogens is 4. The summed E-state index contributed by atoms with van der Waals surface area (Å²) in [5.74, 6) is 0. The zero-order valence-corrected chi connectivity index (χ0v) is 19.7. The van der Waals surface area contributed by atoms with Crippen molar-refractivity contribution in [2.45, 2.75) is 37.9 Å². The fraction of sp³-hybridized carbons (Fsp3) is 0.455. The first kappa shape index (κ1) is 25.7. The van der Waals surface area contributed by atoms with Crippen molar-refractivity contribution in [1.29, 1.82) is 0 Å². The van der Waals surface area contributed by atoms with Gasteiger partial charge in [-0.25, -0.2) is 0 Å². The number of unbranched alkanes of at least 4 members (excludes halogenated alkanes) is 3. The second-order valence-electron chi connectivity index (χ2n) is 7.20. The molecule has 0 saturated carbocycles. The van der Waals surface area contributed by atoms with Crippen molar-refractivity contribution in [3.63, 3.8) is 0 Å². The fourth-order valence-electron chi connectivity index (χ4n) is 3.01. The molecule has 4 nitrogen and oxygen atoms in total. The van der Waals surface area contributed by atoms with Crippen LogP contribution in [0.25, 0.3) is 0 Å². The molecule has 0 heterocycles. The molecule has 0 fully saturated rings. The van der Waals surface area contributed by atoms with E-state index in [0.29, 0.717) is 33.2 Å². The maximum absolute atomic E-state index is 10.2. The predicted octanol–water partition coefficient (Wildman–Crippen LogP) is 5.81. The number of aliphatic hydroxyl groups excluding tert-OH is 2. The van der Waals surface area contributed by atoms with Crippen molar-refractivity contribution in [3.05, 3.63) is 67.6 Å². The summed E-state index contributed by atoms with van der Waals surface area (Å²) in [6.07, 6.45) is 3.08. The van der Waals surface area contributed by atoms with E-state index in [1.807, 2.05) is 0 Å². The summed E-state index contributed by atoms with van der Waals surface area (Å²) in [4.78, 5) is 0. The quantitative estimate of drug-likeness (QED) is 0.266. The number of benzene rings is 2. The summed E-state index contributed by atoms with van der Waals surface area (Å²) in [7, 11) is 0. The molecule has 0 amide bonds. The highest BCUT2D eigenvalue weighted by molar-refractivity contribution is 6.42. The maximum atomic E-state index is 10.2. The number of hydrogen-bond acceptors (Lipinski definition) is 4. The molecule has 4 N–H and O–H groups in total.